The Morgan fingerprint density at radius 3 is 2.63 bits per heavy atom. The van der Waals surface area contributed by atoms with E-state index in [0.717, 1.165) is 19.4 Å². The summed E-state index contributed by atoms with van der Waals surface area (Å²) in [7, 11) is 0. The molecule has 1 aromatic heterocycles. The molecular formula is C22H23N3O2. The van der Waals surface area contributed by atoms with Gasteiger partial charge in [0, 0.05) is 18.3 Å². The number of amides is 1. The van der Waals surface area contributed by atoms with Gasteiger partial charge in [-0.2, -0.15) is 0 Å². The average Bonchev–Trinajstić information content (AvgIpc) is 2.71. The topological polar surface area (TPSA) is 63.2 Å². The number of aromatic nitrogens is 1. The van der Waals surface area contributed by atoms with E-state index in [0.29, 0.717) is 28.6 Å². The van der Waals surface area contributed by atoms with Gasteiger partial charge in [-0.05, 0) is 42.8 Å². The van der Waals surface area contributed by atoms with E-state index < -0.39 is 0 Å². The minimum atomic E-state index is -0.208. The third-order valence-corrected chi connectivity index (χ3v) is 3.96. The lowest BCUT2D eigenvalue weighted by atomic mass is 10.2. The van der Waals surface area contributed by atoms with E-state index in [1.165, 1.54) is 0 Å². The molecule has 0 radical (unpaired) electrons. The van der Waals surface area contributed by atoms with E-state index in [9.17, 15) is 4.79 Å². The van der Waals surface area contributed by atoms with Crippen molar-refractivity contribution in [1.82, 2.24) is 4.98 Å². The van der Waals surface area contributed by atoms with Gasteiger partial charge in [0.2, 0.25) is 0 Å². The van der Waals surface area contributed by atoms with Crippen LogP contribution >= 0.6 is 0 Å². The first-order valence-electron chi connectivity index (χ1n) is 9.09. The molecule has 3 rings (SSSR count). The molecule has 0 unspecified atom stereocenters. The summed E-state index contributed by atoms with van der Waals surface area (Å²) in [6, 6.07) is 20.3. The molecule has 0 aliphatic rings. The van der Waals surface area contributed by atoms with Crippen molar-refractivity contribution in [3.05, 3.63) is 78.5 Å². The number of carbonyl (C=O) groups is 1. The number of benzene rings is 2. The summed E-state index contributed by atoms with van der Waals surface area (Å²) in [4.78, 5) is 16.9. The maximum absolute atomic E-state index is 12.7. The Kier molecular flexibility index (Phi) is 6.41. The molecule has 0 spiro atoms. The number of hydrogen-bond donors (Lipinski definition) is 2. The lowest BCUT2D eigenvalue weighted by Crippen LogP contribution is -2.13. The quantitative estimate of drug-likeness (QED) is 0.532. The number of ether oxygens (including phenoxy) is 1. The summed E-state index contributed by atoms with van der Waals surface area (Å²) in [5.41, 5.74) is 1.15. The van der Waals surface area contributed by atoms with Gasteiger partial charge in [0.05, 0.1) is 5.69 Å². The molecule has 2 aromatic carbocycles. The number of unbranched alkanes of at least 4 members (excludes halogenated alkanes) is 1. The third kappa shape index (κ3) is 5.31. The van der Waals surface area contributed by atoms with Crippen molar-refractivity contribution in [2.24, 2.45) is 0 Å². The number of hydrogen-bond acceptors (Lipinski definition) is 4. The van der Waals surface area contributed by atoms with Crippen molar-refractivity contribution >= 4 is 17.4 Å². The molecular weight excluding hydrogens is 338 g/mol. The average molecular weight is 361 g/mol. The van der Waals surface area contributed by atoms with Gasteiger partial charge in [-0.15, -0.1) is 0 Å². The van der Waals surface area contributed by atoms with Crippen LogP contribution < -0.4 is 15.4 Å². The number of anilines is 2. The van der Waals surface area contributed by atoms with Crippen LogP contribution in [0.5, 0.6) is 11.5 Å². The smallest absolute Gasteiger partial charge is 0.255 e. The van der Waals surface area contributed by atoms with E-state index in [-0.39, 0.29) is 5.91 Å². The fourth-order valence-corrected chi connectivity index (χ4v) is 2.53. The Labute approximate surface area is 159 Å². The number of rotatable bonds is 8. The van der Waals surface area contributed by atoms with Crippen LogP contribution in [0, 0.1) is 0 Å². The molecule has 0 atom stereocenters. The Morgan fingerprint density at radius 2 is 1.81 bits per heavy atom. The largest absolute Gasteiger partial charge is 0.455 e. The maximum Gasteiger partial charge on any atom is 0.255 e. The Hall–Kier alpha value is -3.34. The van der Waals surface area contributed by atoms with Gasteiger partial charge in [0.25, 0.3) is 5.91 Å². The molecule has 2 N–H and O–H groups in total. The van der Waals surface area contributed by atoms with E-state index in [1.807, 2.05) is 54.6 Å². The highest BCUT2D eigenvalue weighted by Crippen LogP contribution is 2.29. The number of nitrogens with zero attached hydrogens (tertiary/aromatic N) is 1. The van der Waals surface area contributed by atoms with Crippen LogP contribution in [0.25, 0.3) is 0 Å². The Morgan fingerprint density at radius 1 is 1.04 bits per heavy atom. The van der Waals surface area contributed by atoms with Gasteiger partial charge < -0.3 is 15.4 Å². The van der Waals surface area contributed by atoms with Crippen molar-refractivity contribution in [3.63, 3.8) is 0 Å². The molecule has 0 aliphatic heterocycles. The fraction of sp³-hybridized carbons (Fsp3) is 0.182. The van der Waals surface area contributed by atoms with Crippen LogP contribution in [0.1, 0.15) is 30.1 Å². The monoisotopic (exact) mass is 361 g/mol. The van der Waals surface area contributed by atoms with Gasteiger partial charge in [-0.25, -0.2) is 4.98 Å². The van der Waals surface area contributed by atoms with Crippen LogP contribution in [0.15, 0.2) is 72.9 Å². The van der Waals surface area contributed by atoms with Crippen LogP contribution in [-0.4, -0.2) is 17.4 Å². The number of para-hydroxylation sites is 3. The molecule has 5 nitrogen and oxygen atoms in total. The molecule has 1 heterocycles. The van der Waals surface area contributed by atoms with Crippen LogP contribution in [0.4, 0.5) is 11.5 Å². The second kappa shape index (κ2) is 9.38. The number of pyridine rings is 1. The summed E-state index contributed by atoms with van der Waals surface area (Å²) in [6.45, 7) is 2.97. The first kappa shape index (κ1) is 18.5. The van der Waals surface area contributed by atoms with Crippen molar-refractivity contribution in [2.75, 3.05) is 17.2 Å². The molecule has 3 aromatic rings. The highest BCUT2D eigenvalue weighted by Gasteiger charge is 2.11. The first-order valence-corrected chi connectivity index (χ1v) is 9.09. The van der Waals surface area contributed by atoms with Crippen LogP contribution in [0.2, 0.25) is 0 Å². The zero-order valence-corrected chi connectivity index (χ0v) is 15.3. The molecule has 0 saturated carbocycles. The first-order chi connectivity index (χ1) is 13.3. The van der Waals surface area contributed by atoms with Gasteiger partial charge in [0.1, 0.15) is 11.6 Å². The Balaban J connectivity index is 1.72. The highest BCUT2D eigenvalue weighted by atomic mass is 16.5. The van der Waals surface area contributed by atoms with Gasteiger partial charge in [-0.1, -0.05) is 43.7 Å². The van der Waals surface area contributed by atoms with Crippen molar-refractivity contribution in [2.45, 2.75) is 19.8 Å². The van der Waals surface area contributed by atoms with Gasteiger partial charge in [-0.3, -0.25) is 4.79 Å². The number of carbonyl (C=O) groups excluding carboxylic acids is 1. The summed E-state index contributed by atoms with van der Waals surface area (Å²) in [5, 5.41) is 6.16. The standard InChI is InChI=1S/C22H23N3O2/c1-2-3-14-23-21-16-17(13-15-24-21)22(26)25-19-11-7-8-12-20(19)27-18-9-5-4-6-10-18/h4-13,15-16H,2-3,14H2,1H3,(H,23,24)(H,25,26). The van der Waals surface area contributed by atoms with E-state index >= 15 is 0 Å². The third-order valence-electron chi connectivity index (χ3n) is 3.96. The lowest BCUT2D eigenvalue weighted by Gasteiger charge is -2.12. The summed E-state index contributed by atoms with van der Waals surface area (Å²) < 4.78 is 5.90. The number of nitrogens with one attached hydrogen (secondary N) is 2. The molecule has 0 aliphatic carbocycles. The van der Waals surface area contributed by atoms with Crippen LogP contribution in [0.3, 0.4) is 0 Å². The van der Waals surface area contributed by atoms with E-state index in [2.05, 4.69) is 22.5 Å². The Bertz CT molecular complexity index is 881. The van der Waals surface area contributed by atoms with Crippen molar-refractivity contribution in [3.8, 4) is 11.5 Å². The summed E-state index contributed by atoms with van der Waals surface area (Å²) in [6.07, 6.45) is 3.79. The minimum Gasteiger partial charge on any atom is -0.455 e. The van der Waals surface area contributed by atoms with Crippen molar-refractivity contribution in [1.29, 1.82) is 0 Å². The van der Waals surface area contributed by atoms with Gasteiger partial charge >= 0.3 is 0 Å². The normalized spacial score (nSPS) is 10.3. The predicted octanol–water partition coefficient (Wildman–Crippen LogP) is 5.34. The van der Waals surface area contributed by atoms with Gasteiger partial charge in [0.15, 0.2) is 5.75 Å². The fourth-order valence-electron chi connectivity index (χ4n) is 2.53. The van der Waals surface area contributed by atoms with E-state index in [4.69, 9.17) is 4.74 Å². The molecule has 1 amide bonds. The second-order valence-electron chi connectivity index (χ2n) is 6.08. The second-order valence-corrected chi connectivity index (χ2v) is 6.08. The summed E-state index contributed by atoms with van der Waals surface area (Å²) >= 11 is 0. The molecule has 138 valence electrons. The summed E-state index contributed by atoms with van der Waals surface area (Å²) in [5.74, 6) is 1.79. The molecule has 5 heteroatoms. The SMILES string of the molecule is CCCCNc1cc(C(=O)Nc2ccccc2Oc2ccccc2)ccn1. The molecule has 0 fully saturated rings. The molecule has 0 bridgehead atoms. The zero-order valence-electron chi connectivity index (χ0n) is 15.3. The molecule has 0 saturated heterocycles. The van der Waals surface area contributed by atoms with Crippen molar-refractivity contribution < 1.29 is 9.53 Å². The lowest BCUT2D eigenvalue weighted by molar-refractivity contribution is 0.102. The molecule has 27 heavy (non-hydrogen) atoms. The minimum absolute atomic E-state index is 0.208. The van der Waals surface area contributed by atoms with Crippen LogP contribution in [-0.2, 0) is 0 Å². The highest BCUT2D eigenvalue weighted by molar-refractivity contribution is 6.05. The predicted molar refractivity (Wildman–Crippen MR) is 109 cm³/mol. The van der Waals surface area contributed by atoms with E-state index in [1.54, 1.807) is 18.3 Å². The maximum atomic E-state index is 12.7. The zero-order chi connectivity index (χ0) is 18.9.